The number of nitrogens with zero attached hydrogens (tertiary/aromatic N) is 1. The van der Waals surface area contributed by atoms with E-state index in [0.717, 1.165) is 24.0 Å². The largest absolute Gasteiger partial charge is 0.376 e. The molecule has 4 rings (SSSR count). The second-order valence-corrected chi connectivity index (χ2v) is 9.02. The van der Waals surface area contributed by atoms with Crippen LogP contribution in [-0.4, -0.2) is 59.7 Å². The summed E-state index contributed by atoms with van der Waals surface area (Å²) in [6, 6.07) is 17.0. The predicted molar refractivity (Wildman–Crippen MR) is 129 cm³/mol. The van der Waals surface area contributed by atoms with Crippen molar-refractivity contribution >= 4 is 23.5 Å². The fourth-order valence-corrected chi connectivity index (χ4v) is 4.57. The number of likely N-dealkylation sites (tertiary alicyclic amines) is 1. The third kappa shape index (κ3) is 6.54. The van der Waals surface area contributed by atoms with Crippen LogP contribution in [0.4, 0.5) is 0 Å². The molecule has 0 spiro atoms. The monoisotopic (exact) mass is 477 g/mol. The van der Waals surface area contributed by atoms with Gasteiger partial charge in [0.25, 0.3) is 5.91 Å². The maximum absolute atomic E-state index is 13.3. The number of nitrogens with one attached hydrogen (secondary N) is 2. The molecule has 0 radical (unpaired) electrons. The van der Waals surface area contributed by atoms with Gasteiger partial charge in [-0.1, -0.05) is 60.7 Å². The van der Waals surface area contributed by atoms with Crippen molar-refractivity contribution in [2.75, 3.05) is 13.2 Å². The highest BCUT2D eigenvalue weighted by Gasteiger charge is 2.38. The summed E-state index contributed by atoms with van der Waals surface area (Å²) in [6.45, 7) is 1.23. The summed E-state index contributed by atoms with van der Waals surface area (Å²) in [5.41, 5.74) is 1.74. The van der Waals surface area contributed by atoms with Crippen molar-refractivity contribution < 1.29 is 23.9 Å². The Labute approximate surface area is 205 Å². The van der Waals surface area contributed by atoms with Crippen LogP contribution in [0.25, 0.3) is 0 Å². The zero-order valence-electron chi connectivity index (χ0n) is 19.7. The van der Waals surface area contributed by atoms with Crippen LogP contribution >= 0.6 is 0 Å². The second kappa shape index (κ2) is 11.8. The maximum atomic E-state index is 13.3. The summed E-state index contributed by atoms with van der Waals surface area (Å²) in [5.74, 6) is -1.98. The topological polar surface area (TPSA) is 105 Å². The summed E-state index contributed by atoms with van der Waals surface area (Å²) >= 11 is 0. The van der Waals surface area contributed by atoms with E-state index in [4.69, 9.17) is 4.74 Å². The molecule has 8 heteroatoms. The van der Waals surface area contributed by atoms with Crippen molar-refractivity contribution in [3.63, 3.8) is 0 Å². The number of carbonyl (C=O) groups excluding carboxylic acids is 4. The molecule has 2 fully saturated rings. The SMILES string of the molecule is O=C(NC[C@@H]1CCCO1)C(=O)C(Cc1ccccc1)NC(=O)[C@H]1CCC(=O)N1Cc1ccccc1. The molecule has 2 aromatic rings. The highest BCUT2D eigenvalue weighted by Crippen LogP contribution is 2.22. The average Bonchev–Trinajstić information content (AvgIpc) is 3.53. The number of rotatable bonds is 10. The van der Waals surface area contributed by atoms with Gasteiger partial charge in [0.05, 0.1) is 6.10 Å². The molecular weight excluding hydrogens is 446 g/mol. The van der Waals surface area contributed by atoms with Crippen LogP contribution in [-0.2, 0) is 36.9 Å². The standard InChI is InChI=1S/C27H31N3O5/c31-24-14-13-23(30(24)18-20-10-5-2-6-11-20)26(33)29-22(16-19-8-3-1-4-9-19)25(32)27(34)28-17-21-12-7-15-35-21/h1-6,8-11,21-23H,7,12-18H2,(H,28,34)(H,29,33)/t21-,22?,23+/m0/s1. The first-order valence-electron chi connectivity index (χ1n) is 12.1. The Morgan fingerprint density at radius 3 is 2.31 bits per heavy atom. The molecule has 2 saturated heterocycles. The minimum absolute atomic E-state index is 0.0926. The molecule has 3 amide bonds. The van der Waals surface area contributed by atoms with E-state index in [1.165, 1.54) is 0 Å². The van der Waals surface area contributed by atoms with Gasteiger partial charge in [0.15, 0.2) is 0 Å². The van der Waals surface area contributed by atoms with Gasteiger partial charge < -0.3 is 20.3 Å². The van der Waals surface area contributed by atoms with Crippen LogP contribution in [0.5, 0.6) is 0 Å². The van der Waals surface area contributed by atoms with Gasteiger partial charge in [0, 0.05) is 32.5 Å². The minimum Gasteiger partial charge on any atom is -0.376 e. The maximum Gasteiger partial charge on any atom is 0.289 e. The summed E-state index contributed by atoms with van der Waals surface area (Å²) in [4.78, 5) is 53.1. The number of benzene rings is 2. The number of Topliss-reactive ketones (excluding diaryl/α,β-unsaturated/α-hetero) is 1. The fraction of sp³-hybridized carbons (Fsp3) is 0.407. The van der Waals surface area contributed by atoms with Gasteiger partial charge in [-0.05, 0) is 30.4 Å². The lowest BCUT2D eigenvalue weighted by Gasteiger charge is -2.26. The quantitative estimate of drug-likeness (QED) is 0.508. The van der Waals surface area contributed by atoms with Gasteiger partial charge >= 0.3 is 0 Å². The molecule has 2 heterocycles. The Hall–Kier alpha value is -3.52. The summed E-state index contributed by atoms with van der Waals surface area (Å²) in [5, 5.41) is 5.43. The van der Waals surface area contributed by atoms with E-state index in [2.05, 4.69) is 10.6 Å². The van der Waals surface area contributed by atoms with Gasteiger partial charge in [-0.2, -0.15) is 0 Å². The van der Waals surface area contributed by atoms with Gasteiger partial charge in [-0.25, -0.2) is 0 Å². The molecule has 184 valence electrons. The molecule has 0 aromatic heterocycles. The number of ether oxygens (including phenoxy) is 1. The van der Waals surface area contributed by atoms with Crippen molar-refractivity contribution in [3.05, 3.63) is 71.8 Å². The first-order chi connectivity index (χ1) is 17.0. The molecular formula is C27H31N3O5. The summed E-state index contributed by atoms with van der Waals surface area (Å²) < 4.78 is 5.51. The number of hydrogen-bond donors (Lipinski definition) is 2. The van der Waals surface area contributed by atoms with E-state index in [0.29, 0.717) is 19.6 Å². The second-order valence-electron chi connectivity index (χ2n) is 9.02. The molecule has 0 aliphatic carbocycles. The minimum atomic E-state index is -1.04. The molecule has 2 aliphatic heterocycles. The molecule has 0 saturated carbocycles. The lowest BCUT2D eigenvalue weighted by atomic mass is 10.0. The number of amides is 3. The molecule has 1 unspecified atom stereocenters. The van der Waals surface area contributed by atoms with E-state index in [1.807, 2.05) is 60.7 Å². The van der Waals surface area contributed by atoms with E-state index < -0.39 is 29.7 Å². The van der Waals surface area contributed by atoms with Crippen LogP contribution in [0.1, 0.15) is 36.8 Å². The van der Waals surface area contributed by atoms with Crippen molar-refractivity contribution in [2.24, 2.45) is 0 Å². The molecule has 8 nitrogen and oxygen atoms in total. The van der Waals surface area contributed by atoms with Crippen LogP contribution in [0.2, 0.25) is 0 Å². The Bertz CT molecular complexity index is 1040. The molecule has 3 atom stereocenters. The van der Waals surface area contributed by atoms with E-state index in [-0.39, 0.29) is 31.4 Å². The first kappa shape index (κ1) is 24.6. The smallest absolute Gasteiger partial charge is 0.289 e. The van der Waals surface area contributed by atoms with Gasteiger partial charge in [0.2, 0.25) is 17.6 Å². The van der Waals surface area contributed by atoms with Crippen LogP contribution in [0.3, 0.4) is 0 Å². The van der Waals surface area contributed by atoms with Crippen molar-refractivity contribution in [1.82, 2.24) is 15.5 Å². The highest BCUT2D eigenvalue weighted by molar-refractivity contribution is 6.38. The van der Waals surface area contributed by atoms with Crippen molar-refractivity contribution in [2.45, 2.75) is 56.8 Å². The Morgan fingerprint density at radius 2 is 1.66 bits per heavy atom. The van der Waals surface area contributed by atoms with E-state index in [1.54, 1.807) is 4.90 Å². The lowest BCUT2D eigenvalue weighted by molar-refractivity contribution is -0.141. The molecule has 0 bridgehead atoms. The summed E-state index contributed by atoms with van der Waals surface area (Å²) in [6.07, 6.45) is 2.49. The van der Waals surface area contributed by atoms with Gasteiger partial charge in [0.1, 0.15) is 12.1 Å². The molecule has 35 heavy (non-hydrogen) atoms. The Balaban J connectivity index is 1.45. The van der Waals surface area contributed by atoms with Crippen LogP contribution in [0, 0.1) is 0 Å². The normalized spacial score (nSPS) is 20.5. The molecule has 2 aliphatic rings. The zero-order valence-corrected chi connectivity index (χ0v) is 19.7. The third-order valence-electron chi connectivity index (χ3n) is 6.48. The average molecular weight is 478 g/mol. The third-order valence-corrected chi connectivity index (χ3v) is 6.48. The van der Waals surface area contributed by atoms with E-state index >= 15 is 0 Å². The van der Waals surface area contributed by atoms with Crippen LogP contribution in [0.15, 0.2) is 60.7 Å². The van der Waals surface area contributed by atoms with Gasteiger partial charge in [-0.15, -0.1) is 0 Å². The predicted octanol–water partition coefficient (Wildman–Crippen LogP) is 1.77. The van der Waals surface area contributed by atoms with Crippen molar-refractivity contribution in [3.8, 4) is 0 Å². The van der Waals surface area contributed by atoms with E-state index in [9.17, 15) is 19.2 Å². The number of carbonyl (C=O) groups is 4. The first-order valence-corrected chi connectivity index (χ1v) is 12.1. The lowest BCUT2D eigenvalue weighted by Crippen LogP contribution is -2.54. The van der Waals surface area contributed by atoms with Crippen molar-refractivity contribution in [1.29, 1.82) is 0 Å². The Kier molecular flexibility index (Phi) is 8.26. The highest BCUT2D eigenvalue weighted by atomic mass is 16.5. The molecule has 2 aromatic carbocycles. The number of ketones is 1. The molecule has 2 N–H and O–H groups in total. The Morgan fingerprint density at radius 1 is 0.971 bits per heavy atom. The number of hydrogen-bond acceptors (Lipinski definition) is 5. The van der Waals surface area contributed by atoms with Crippen LogP contribution < -0.4 is 10.6 Å². The summed E-state index contributed by atoms with van der Waals surface area (Å²) in [7, 11) is 0. The van der Waals surface area contributed by atoms with Gasteiger partial charge in [-0.3, -0.25) is 19.2 Å². The zero-order chi connectivity index (χ0) is 24.6. The fourth-order valence-electron chi connectivity index (χ4n) is 4.57.